The third-order valence-electron chi connectivity index (χ3n) is 4.72. The lowest BCUT2D eigenvalue weighted by Crippen LogP contribution is -2.43. The van der Waals surface area contributed by atoms with E-state index in [-0.39, 0.29) is 36.2 Å². The number of aromatic hydroxyl groups is 1. The number of carbonyl (C=O) groups excluding carboxylic acids is 2. The molecule has 1 unspecified atom stereocenters. The molecule has 0 fully saturated rings. The van der Waals surface area contributed by atoms with Gasteiger partial charge in [0, 0.05) is 24.9 Å². The molecule has 148 valence electrons. The molecule has 1 aliphatic heterocycles. The molecule has 0 spiro atoms. The minimum absolute atomic E-state index is 0.0362. The summed E-state index contributed by atoms with van der Waals surface area (Å²) in [7, 11) is 1.31. The Hall–Kier alpha value is -3.75. The Morgan fingerprint density at radius 2 is 2.10 bits per heavy atom. The number of fused-ring (bicyclic) bond motifs is 1. The van der Waals surface area contributed by atoms with Crippen molar-refractivity contribution < 1.29 is 24.0 Å². The van der Waals surface area contributed by atoms with Gasteiger partial charge in [0.2, 0.25) is 17.6 Å². The molecule has 1 atom stereocenters. The number of anilines is 1. The van der Waals surface area contributed by atoms with E-state index >= 15 is 0 Å². The van der Waals surface area contributed by atoms with Crippen LogP contribution in [0.1, 0.15) is 17.9 Å². The van der Waals surface area contributed by atoms with E-state index in [1.165, 1.54) is 24.3 Å². The summed E-state index contributed by atoms with van der Waals surface area (Å²) in [5.74, 6) is -0.0910. The van der Waals surface area contributed by atoms with E-state index in [1.54, 1.807) is 6.07 Å². The van der Waals surface area contributed by atoms with E-state index in [4.69, 9.17) is 9.26 Å². The number of para-hydroxylation sites is 1. The number of esters is 1. The molecule has 0 bridgehead atoms. The molecule has 4 rings (SSSR count). The number of aryl methyl sites for hydroxylation is 1. The van der Waals surface area contributed by atoms with Gasteiger partial charge in [0.25, 0.3) is 0 Å². The molecule has 9 heteroatoms. The van der Waals surface area contributed by atoms with Crippen LogP contribution in [0.15, 0.2) is 47.1 Å². The molecule has 1 aliphatic rings. The van der Waals surface area contributed by atoms with Gasteiger partial charge in [-0.1, -0.05) is 23.4 Å². The Morgan fingerprint density at radius 3 is 2.86 bits per heavy atom. The molecule has 1 N–H and O–H groups in total. The SMILES string of the molecule is COC(=O)C1Cc2ccccc2N1C(=O)CCc1nc(-c2ccc(O)cn2)no1. The largest absolute Gasteiger partial charge is 0.506 e. The number of carbonyl (C=O) groups is 2. The summed E-state index contributed by atoms with van der Waals surface area (Å²) < 4.78 is 10.1. The highest BCUT2D eigenvalue weighted by Gasteiger charge is 2.38. The van der Waals surface area contributed by atoms with Crippen LogP contribution in [-0.2, 0) is 27.2 Å². The molecule has 0 saturated heterocycles. The molecular weight excluding hydrogens is 376 g/mol. The Morgan fingerprint density at radius 1 is 1.28 bits per heavy atom. The maximum Gasteiger partial charge on any atom is 0.329 e. The van der Waals surface area contributed by atoms with Gasteiger partial charge in [-0.3, -0.25) is 9.69 Å². The zero-order valence-electron chi connectivity index (χ0n) is 15.6. The minimum atomic E-state index is -0.677. The predicted molar refractivity (Wildman–Crippen MR) is 101 cm³/mol. The lowest BCUT2D eigenvalue weighted by Gasteiger charge is -2.23. The van der Waals surface area contributed by atoms with Crippen molar-refractivity contribution in [3.8, 4) is 17.3 Å². The molecule has 2 aromatic heterocycles. The van der Waals surface area contributed by atoms with Crippen LogP contribution in [0.4, 0.5) is 5.69 Å². The van der Waals surface area contributed by atoms with E-state index in [1.807, 2.05) is 24.3 Å². The first-order valence-corrected chi connectivity index (χ1v) is 9.02. The minimum Gasteiger partial charge on any atom is -0.506 e. The highest BCUT2D eigenvalue weighted by atomic mass is 16.5. The van der Waals surface area contributed by atoms with Crippen LogP contribution in [-0.4, -0.2) is 45.3 Å². The topological polar surface area (TPSA) is 119 Å². The summed E-state index contributed by atoms with van der Waals surface area (Å²) in [6.07, 6.45) is 2.02. The molecule has 0 radical (unpaired) electrons. The van der Waals surface area contributed by atoms with Crippen molar-refractivity contribution in [2.75, 3.05) is 12.0 Å². The van der Waals surface area contributed by atoms with Crippen LogP contribution in [0, 0.1) is 0 Å². The summed E-state index contributed by atoms with van der Waals surface area (Å²) in [5.41, 5.74) is 2.09. The molecule has 3 aromatic rings. The zero-order valence-corrected chi connectivity index (χ0v) is 15.6. The summed E-state index contributed by atoms with van der Waals surface area (Å²) in [5, 5.41) is 13.2. The van der Waals surface area contributed by atoms with Gasteiger partial charge in [-0.05, 0) is 23.8 Å². The van der Waals surface area contributed by atoms with Crippen molar-refractivity contribution in [1.29, 1.82) is 0 Å². The van der Waals surface area contributed by atoms with Crippen LogP contribution in [0.5, 0.6) is 5.75 Å². The third kappa shape index (κ3) is 3.66. The van der Waals surface area contributed by atoms with Crippen molar-refractivity contribution in [1.82, 2.24) is 15.1 Å². The molecule has 1 aromatic carbocycles. The summed E-state index contributed by atoms with van der Waals surface area (Å²) in [6, 6.07) is 9.78. The fraction of sp³-hybridized carbons (Fsp3) is 0.250. The number of aromatic nitrogens is 3. The second kappa shape index (κ2) is 7.70. The molecule has 1 amide bonds. The van der Waals surface area contributed by atoms with Crippen LogP contribution < -0.4 is 4.90 Å². The maximum absolute atomic E-state index is 12.9. The number of amides is 1. The van der Waals surface area contributed by atoms with Crippen molar-refractivity contribution in [3.63, 3.8) is 0 Å². The standard InChI is InChI=1S/C20H18N4O5/c1-28-20(27)16-10-12-4-2-3-5-15(12)24(16)18(26)9-8-17-22-19(23-29-17)14-7-6-13(25)11-21-14/h2-7,11,16,25H,8-10H2,1H3. The van der Waals surface area contributed by atoms with Crippen molar-refractivity contribution >= 4 is 17.6 Å². The van der Waals surface area contributed by atoms with E-state index in [0.29, 0.717) is 17.8 Å². The smallest absolute Gasteiger partial charge is 0.329 e. The highest BCUT2D eigenvalue weighted by molar-refractivity contribution is 6.02. The number of ether oxygens (including phenoxy) is 1. The van der Waals surface area contributed by atoms with Gasteiger partial charge in [0.05, 0.1) is 13.3 Å². The molecule has 0 saturated carbocycles. The van der Waals surface area contributed by atoms with Gasteiger partial charge in [-0.25, -0.2) is 9.78 Å². The van der Waals surface area contributed by atoms with E-state index in [9.17, 15) is 14.7 Å². The number of rotatable bonds is 5. The average molecular weight is 394 g/mol. The van der Waals surface area contributed by atoms with E-state index < -0.39 is 12.0 Å². The molecule has 9 nitrogen and oxygen atoms in total. The van der Waals surface area contributed by atoms with Crippen LogP contribution in [0.3, 0.4) is 0 Å². The first kappa shape index (κ1) is 18.6. The number of pyridine rings is 1. The normalized spacial score (nSPS) is 15.2. The second-order valence-electron chi connectivity index (χ2n) is 6.55. The number of nitrogens with zero attached hydrogens (tertiary/aromatic N) is 4. The first-order valence-electron chi connectivity index (χ1n) is 9.02. The lowest BCUT2D eigenvalue weighted by atomic mass is 10.1. The van der Waals surface area contributed by atoms with Gasteiger partial charge in [-0.15, -0.1) is 0 Å². The zero-order chi connectivity index (χ0) is 20.4. The Bertz CT molecular complexity index is 1050. The fourth-order valence-electron chi connectivity index (χ4n) is 3.33. The van der Waals surface area contributed by atoms with Crippen molar-refractivity contribution in [2.45, 2.75) is 25.3 Å². The Kier molecular flexibility index (Phi) is 4.94. The highest BCUT2D eigenvalue weighted by Crippen LogP contribution is 2.33. The summed E-state index contributed by atoms with van der Waals surface area (Å²) in [4.78, 5) is 34.8. The maximum atomic E-state index is 12.9. The summed E-state index contributed by atoms with van der Waals surface area (Å²) in [6.45, 7) is 0. The third-order valence-corrected chi connectivity index (χ3v) is 4.72. The van der Waals surface area contributed by atoms with Gasteiger partial charge >= 0.3 is 5.97 Å². The van der Waals surface area contributed by atoms with Crippen LogP contribution in [0.25, 0.3) is 11.5 Å². The van der Waals surface area contributed by atoms with E-state index in [0.717, 1.165) is 5.56 Å². The monoisotopic (exact) mass is 394 g/mol. The van der Waals surface area contributed by atoms with Crippen LogP contribution in [0.2, 0.25) is 0 Å². The summed E-state index contributed by atoms with van der Waals surface area (Å²) >= 11 is 0. The van der Waals surface area contributed by atoms with Crippen LogP contribution >= 0.6 is 0 Å². The van der Waals surface area contributed by atoms with E-state index in [2.05, 4.69) is 15.1 Å². The van der Waals surface area contributed by atoms with Gasteiger partial charge in [0.1, 0.15) is 17.5 Å². The Labute approximate surface area is 165 Å². The number of methoxy groups -OCH3 is 1. The van der Waals surface area contributed by atoms with Crippen molar-refractivity contribution in [3.05, 3.63) is 54.0 Å². The quantitative estimate of drug-likeness (QED) is 0.652. The first-order chi connectivity index (χ1) is 14.1. The Balaban J connectivity index is 1.47. The number of benzene rings is 1. The van der Waals surface area contributed by atoms with Crippen molar-refractivity contribution in [2.24, 2.45) is 0 Å². The lowest BCUT2D eigenvalue weighted by molar-refractivity contribution is -0.143. The van der Waals surface area contributed by atoms with Gasteiger partial charge in [0.15, 0.2) is 0 Å². The fourth-order valence-corrected chi connectivity index (χ4v) is 3.33. The second-order valence-corrected chi connectivity index (χ2v) is 6.55. The average Bonchev–Trinajstić information content (AvgIpc) is 3.37. The number of hydrogen-bond acceptors (Lipinski definition) is 8. The predicted octanol–water partition coefficient (Wildman–Crippen LogP) is 1.90. The van der Waals surface area contributed by atoms with Gasteiger partial charge in [-0.2, -0.15) is 4.98 Å². The molecule has 3 heterocycles. The molecular formula is C20H18N4O5. The molecule has 29 heavy (non-hydrogen) atoms. The molecule has 0 aliphatic carbocycles. The number of hydrogen-bond donors (Lipinski definition) is 1. The van der Waals surface area contributed by atoms with Gasteiger partial charge < -0.3 is 14.4 Å².